The summed E-state index contributed by atoms with van der Waals surface area (Å²) in [5.41, 5.74) is 3.52. The molecule has 0 aliphatic carbocycles. The maximum atomic E-state index is 12.5. The number of benzene rings is 1. The van der Waals surface area contributed by atoms with E-state index in [-0.39, 0.29) is 18.2 Å². The lowest BCUT2D eigenvalue weighted by Gasteiger charge is -2.07. The number of nitrogens with zero attached hydrogens (tertiary/aromatic N) is 2. The van der Waals surface area contributed by atoms with Crippen molar-refractivity contribution in [3.63, 3.8) is 0 Å². The maximum Gasteiger partial charge on any atom is 0.287 e. The minimum Gasteiger partial charge on any atom is -0.494 e. The van der Waals surface area contributed by atoms with Crippen LogP contribution in [0.1, 0.15) is 34.4 Å². The molecule has 0 spiro atoms. The average Bonchev–Trinajstić information content (AvgIpc) is 3.11. The summed E-state index contributed by atoms with van der Waals surface area (Å²) in [5.74, 6) is 0.124. The third-order valence-corrected chi connectivity index (χ3v) is 4.61. The summed E-state index contributed by atoms with van der Waals surface area (Å²) in [6.07, 6.45) is 0. The number of fused-ring (bicyclic) bond motifs is 1. The van der Waals surface area contributed by atoms with Gasteiger partial charge in [-0.25, -0.2) is 0 Å². The summed E-state index contributed by atoms with van der Waals surface area (Å²) in [4.78, 5) is 24.7. The van der Waals surface area contributed by atoms with Crippen molar-refractivity contribution in [3.05, 3.63) is 40.9 Å². The molecule has 3 aromatic rings. The number of rotatable bonds is 6. The molecule has 0 saturated carbocycles. The van der Waals surface area contributed by atoms with E-state index in [9.17, 15) is 9.59 Å². The molecule has 148 valence electrons. The molecule has 0 fully saturated rings. The molecule has 0 unspecified atom stereocenters. The molecule has 2 amide bonds. The van der Waals surface area contributed by atoms with Crippen molar-refractivity contribution >= 4 is 28.5 Å². The smallest absolute Gasteiger partial charge is 0.287 e. The van der Waals surface area contributed by atoms with Crippen molar-refractivity contribution < 1.29 is 18.7 Å². The Labute approximate surface area is 162 Å². The summed E-state index contributed by atoms with van der Waals surface area (Å²) >= 11 is 0. The monoisotopic (exact) mass is 384 g/mol. The van der Waals surface area contributed by atoms with E-state index in [0.717, 1.165) is 16.8 Å². The van der Waals surface area contributed by atoms with E-state index in [1.54, 1.807) is 30.8 Å². The van der Waals surface area contributed by atoms with Gasteiger partial charge in [0.1, 0.15) is 11.3 Å². The van der Waals surface area contributed by atoms with Crippen LogP contribution in [-0.2, 0) is 11.8 Å². The molecule has 28 heavy (non-hydrogen) atoms. The number of amides is 2. The topological polar surface area (TPSA) is 98.4 Å². The first-order valence-corrected chi connectivity index (χ1v) is 9.06. The second kappa shape index (κ2) is 7.75. The highest BCUT2D eigenvalue weighted by molar-refractivity contribution is 6.02. The number of hydrogen-bond acceptors (Lipinski definition) is 5. The van der Waals surface area contributed by atoms with Gasteiger partial charge in [0.2, 0.25) is 5.91 Å². The van der Waals surface area contributed by atoms with Crippen LogP contribution >= 0.6 is 0 Å². The quantitative estimate of drug-likeness (QED) is 0.681. The number of furan rings is 1. The summed E-state index contributed by atoms with van der Waals surface area (Å²) in [6.45, 7) is 7.77. The molecule has 0 radical (unpaired) electrons. The molecular weight excluding hydrogens is 360 g/mol. The first kappa shape index (κ1) is 19.5. The van der Waals surface area contributed by atoms with Crippen LogP contribution in [-0.4, -0.2) is 34.7 Å². The van der Waals surface area contributed by atoms with Crippen molar-refractivity contribution in [1.82, 2.24) is 15.1 Å². The lowest BCUT2D eigenvalue weighted by Crippen LogP contribution is -2.33. The van der Waals surface area contributed by atoms with E-state index < -0.39 is 5.91 Å². The van der Waals surface area contributed by atoms with Crippen LogP contribution in [0.4, 0.5) is 5.69 Å². The Balaban J connectivity index is 1.69. The number of carbonyl (C=O) groups excluding carboxylic acids is 2. The number of anilines is 1. The number of nitrogens with one attached hydrogen (secondary N) is 2. The molecule has 0 saturated heterocycles. The van der Waals surface area contributed by atoms with Gasteiger partial charge in [-0.2, -0.15) is 5.10 Å². The Morgan fingerprint density at radius 2 is 2.00 bits per heavy atom. The fraction of sp³-hybridized carbons (Fsp3) is 0.350. The zero-order chi connectivity index (χ0) is 20.4. The Morgan fingerprint density at radius 1 is 1.25 bits per heavy atom. The van der Waals surface area contributed by atoms with Gasteiger partial charge in [0, 0.05) is 18.0 Å². The fourth-order valence-electron chi connectivity index (χ4n) is 3.05. The van der Waals surface area contributed by atoms with Gasteiger partial charge in [0.05, 0.1) is 30.2 Å². The molecule has 2 N–H and O–H groups in total. The fourth-order valence-corrected chi connectivity index (χ4v) is 3.05. The van der Waals surface area contributed by atoms with Gasteiger partial charge in [-0.3, -0.25) is 14.3 Å². The molecule has 0 bridgehead atoms. The number of ether oxygens (including phenoxy) is 1. The maximum absolute atomic E-state index is 12.5. The second-order valence-electron chi connectivity index (χ2n) is 6.55. The van der Waals surface area contributed by atoms with Gasteiger partial charge in [-0.1, -0.05) is 0 Å². The Hall–Kier alpha value is -3.29. The summed E-state index contributed by atoms with van der Waals surface area (Å²) in [6, 6.07) is 5.41. The van der Waals surface area contributed by atoms with Crippen LogP contribution in [0.15, 0.2) is 22.6 Å². The van der Waals surface area contributed by atoms with Crippen LogP contribution < -0.4 is 15.4 Å². The van der Waals surface area contributed by atoms with Crippen LogP contribution in [0.3, 0.4) is 0 Å². The molecule has 2 aromatic heterocycles. The zero-order valence-corrected chi connectivity index (χ0v) is 16.7. The average molecular weight is 384 g/mol. The highest BCUT2D eigenvalue weighted by Gasteiger charge is 2.19. The van der Waals surface area contributed by atoms with E-state index in [2.05, 4.69) is 15.7 Å². The van der Waals surface area contributed by atoms with Crippen LogP contribution in [0.25, 0.3) is 11.0 Å². The Bertz CT molecular complexity index is 1050. The second-order valence-corrected chi connectivity index (χ2v) is 6.55. The van der Waals surface area contributed by atoms with Gasteiger partial charge in [-0.15, -0.1) is 0 Å². The highest BCUT2D eigenvalue weighted by atomic mass is 16.5. The van der Waals surface area contributed by atoms with Crippen LogP contribution in [0.5, 0.6) is 5.75 Å². The molecule has 8 heteroatoms. The molecule has 2 heterocycles. The first-order chi connectivity index (χ1) is 13.3. The van der Waals surface area contributed by atoms with Gasteiger partial charge in [-0.05, 0) is 45.9 Å². The SMILES string of the molecule is CCOc1ccc2oc(C(=O)NCC(=O)Nc3c(C)nn(C)c3C)c(C)c2c1. The largest absolute Gasteiger partial charge is 0.494 e. The van der Waals surface area contributed by atoms with E-state index >= 15 is 0 Å². The number of aromatic nitrogens is 2. The molecule has 0 aliphatic heterocycles. The lowest BCUT2D eigenvalue weighted by atomic mass is 10.1. The standard InChI is InChI=1S/C20H24N4O4/c1-6-27-14-7-8-16-15(9-14)11(2)19(28-16)20(26)21-10-17(25)22-18-12(3)23-24(5)13(18)4/h7-9H,6,10H2,1-5H3,(H,21,26)(H,22,25). The molecule has 3 rings (SSSR count). The summed E-state index contributed by atoms with van der Waals surface area (Å²) in [7, 11) is 1.81. The van der Waals surface area contributed by atoms with Gasteiger partial charge < -0.3 is 19.8 Å². The third-order valence-electron chi connectivity index (χ3n) is 4.61. The summed E-state index contributed by atoms with van der Waals surface area (Å²) in [5, 5.41) is 10.4. The number of aryl methyl sites for hydroxylation is 3. The Morgan fingerprint density at radius 3 is 2.64 bits per heavy atom. The van der Waals surface area contributed by atoms with Gasteiger partial charge in [0.15, 0.2) is 5.76 Å². The van der Waals surface area contributed by atoms with Crippen LogP contribution in [0, 0.1) is 20.8 Å². The normalized spacial score (nSPS) is 10.9. The lowest BCUT2D eigenvalue weighted by molar-refractivity contribution is -0.115. The predicted molar refractivity (Wildman–Crippen MR) is 106 cm³/mol. The van der Waals surface area contributed by atoms with E-state index in [0.29, 0.717) is 29.2 Å². The molecule has 0 aliphatic rings. The highest BCUT2D eigenvalue weighted by Crippen LogP contribution is 2.28. The van der Waals surface area contributed by atoms with E-state index in [1.165, 1.54) is 0 Å². The first-order valence-electron chi connectivity index (χ1n) is 9.06. The van der Waals surface area contributed by atoms with Crippen LogP contribution in [0.2, 0.25) is 0 Å². The van der Waals surface area contributed by atoms with Gasteiger partial charge in [0.25, 0.3) is 5.91 Å². The van der Waals surface area contributed by atoms with Crippen molar-refractivity contribution in [2.45, 2.75) is 27.7 Å². The van der Waals surface area contributed by atoms with Crippen molar-refractivity contribution in [3.8, 4) is 5.75 Å². The van der Waals surface area contributed by atoms with E-state index in [4.69, 9.17) is 9.15 Å². The van der Waals surface area contributed by atoms with E-state index in [1.807, 2.05) is 26.8 Å². The minimum absolute atomic E-state index is 0.173. The van der Waals surface area contributed by atoms with Crippen molar-refractivity contribution in [2.75, 3.05) is 18.5 Å². The van der Waals surface area contributed by atoms with Crippen molar-refractivity contribution in [2.24, 2.45) is 7.05 Å². The van der Waals surface area contributed by atoms with Gasteiger partial charge >= 0.3 is 0 Å². The van der Waals surface area contributed by atoms with Crippen molar-refractivity contribution in [1.29, 1.82) is 0 Å². The number of carbonyl (C=O) groups is 2. The minimum atomic E-state index is -0.443. The zero-order valence-electron chi connectivity index (χ0n) is 16.7. The molecule has 0 atom stereocenters. The molecular formula is C20H24N4O4. The summed E-state index contributed by atoms with van der Waals surface area (Å²) < 4.78 is 12.9. The predicted octanol–water partition coefficient (Wildman–Crippen LogP) is 2.86. The molecule has 8 nitrogen and oxygen atoms in total. The molecule has 1 aromatic carbocycles. The third kappa shape index (κ3) is 3.71. The Kier molecular flexibility index (Phi) is 5.39. The number of hydrogen-bond donors (Lipinski definition) is 2.